The van der Waals surface area contributed by atoms with Crippen LogP contribution in [0.4, 0.5) is 5.69 Å². The Morgan fingerprint density at radius 3 is 2.52 bits per heavy atom. The smallest absolute Gasteiger partial charge is 0.237 e. The van der Waals surface area contributed by atoms with Crippen LogP contribution >= 0.6 is 11.8 Å². The van der Waals surface area contributed by atoms with E-state index in [0.29, 0.717) is 5.25 Å². The number of benzene rings is 1. The van der Waals surface area contributed by atoms with E-state index >= 15 is 0 Å². The lowest BCUT2D eigenvalue weighted by atomic mass is 10.0. The highest BCUT2D eigenvalue weighted by atomic mass is 32.2. The monoisotopic (exact) mass is 307 g/mol. The van der Waals surface area contributed by atoms with Gasteiger partial charge in [0.2, 0.25) is 5.91 Å². The molecule has 1 N–H and O–H groups in total. The zero-order valence-electron chi connectivity index (χ0n) is 12.9. The van der Waals surface area contributed by atoms with E-state index in [1.54, 1.807) is 7.11 Å². The molecule has 21 heavy (non-hydrogen) atoms. The fourth-order valence-corrected chi connectivity index (χ4v) is 4.12. The largest absolute Gasteiger partial charge is 0.497 e. The molecule has 0 spiro atoms. The van der Waals surface area contributed by atoms with Gasteiger partial charge in [0.1, 0.15) is 5.75 Å². The number of anilines is 1. The van der Waals surface area contributed by atoms with E-state index in [0.717, 1.165) is 17.9 Å². The van der Waals surface area contributed by atoms with Gasteiger partial charge in [-0.1, -0.05) is 26.2 Å². The number of thioether (sulfide) groups is 1. The molecular formula is C17H25NO2S. The average molecular weight is 307 g/mol. The quantitative estimate of drug-likeness (QED) is 0.842. The number of carbonyl (C=O) groups excluding carboxylic acids is 1. The Balaban J connectivity index is 1.89. The molecule has 1 aromatic carbocycles. The molecule has 1 saturated carbocycles. The van der Waals surface area contributed by atoms with E-state index in [1.807, 2.05) is 36.0 Å². The summed E-state index contributed by atoms with van der Waals surface area (Å²) < 4.78 is 5.13. The van der Waals surface area contributed by atoms with Crippen LogP contribution in [0.2, 0.25) is 0 Å². The molecule has 2 rings (SSSR count). The second-order valence-corrected chi connectivity index (χ2v) is 7.02. The fourth-order valence-electron chi connectivity index (χ4n) is 2.67. The second kappa shape index (κ2) is 8.32. The molecule has 3 nitrogen and oxygen atoms in total. The number of carbonyl (C=O) groups is 1. The van der Waals surface area contributed by atoms with Gasteiger partial charge in [0.25, 0.3) is 0 Å². The number of ether oxygens (including phenoxy) is 1. The van der Waals surface area contributed by atoms with Crippen molar-refractivity contribution in [1.29, 1.82) is 0 Å². The molecule has 1 unspecified atom stereocenters. The zero-order valence-corrected chi connectivity index (χ0v) is 13.7. The molecule has 0 aromatic heterocycles. The van der Waals surface area contributed by atoms with Gasteiger partial charge in [-0.25, -0.2) is 0 Å². The number of nitrogens with one attached hydrogen (secondary N) is 1. The molecule has 0 aliphatic heterocycles. The fraction of sp³-hybridized carbons (Fsp3) is 0.588. The van der Waals surface area contributed by atoms with Gasteiger partial charge < -0.3 is 10.1 Å². The summed E-state index contributed by atoms with van der Waals surface area (Å²) in [6.07, 6.45) is 7.38. The predicted molar refractivity (Wildman–Crippen MR) is 90.2 cm³/mol. The lowest BCUT2D eigenvalue weighted by Gasteiger charge is -2.25. The Hall–Kier alpha value is -1.16. The van der Waals surface area contributed by atoms with Crippen molar-refractivity contribution in [2.45, 2.75) is 55.9 Å². The molecule has 0 saturated heterocycles. The van der Waals surface area contributed by atoms with Crippen LogP contribution in [-0.2, 0) is 4.79 Å². The third-order valence-electron chi connectivity index (χ3n) is 3.93. The van der Waals surface area contributed by atoms with Gasteiger partial charge in [-0.2, -0.15) is 0 Å². The molecule has 1 aliphatic carbocycles. The molecule has 1 aromatic rings. The summed E-state index contributed by atoms with van der Waals surface area (Å²) in [7, 11) is 1.64. The first-order chi connectivity index (χ1) is 10.2. The van der Waals surface area contributed by atoms with Crippen LogP contribution in [0.1, 0.15) is 45.4 Å². The lowest BCUT2D eigenvalue weighted by molar-refractivity contribution is -0.115. The minimum atomic E-state index is 0.0511. The van der Waals surface area contributed by atoms with Gasteiger partial charge in [-0.15, -0.1) is 11.8 Å². The van der Waals surface area contributed by atoms with E-state index in [2.05, 4.69) is 12.2 Å². The molecule has 1 amide bonds. The van der Waals surface area contributed by atoms with Crippen LogP contribution in [0.3, 0.4) is 0 Å². The first kappa shape index (κ1) is 16.2. The Morgan fingerprint density at radius 2 is 1.95 bits per heavy atom. The molecule has 0 radical (unpaired) electrons. The van der Waals surface area contributed by atoms with Crippen molar-refractivity contribution in [2.75, 3.05) is 12.4 Å². The van der Waals surface area contributed by atoms with Gasteiger partial charge in [0, 0.05) is 10.9 Å². The number of methoxy groups -OCH3 is 1. The lowest BCUT2D eigenvalue weighted by Crippen LogP contribution is -2.27. The minimum Gasteiger partial charge on any atom is -0.497 e. The normalized spacial score (nSPS) is 17.2. The SMILES string of the molecule is CCC(SC1CCCCC1)C(=O)Nc1ccc(OC)cc1. The molecule has 0 heterocycles. The highest BCUT2D eigenvalue weighted by Crippen LogP contribution is 2.32. The van der Waals surface area contributed by atoms with Crippen LogP contribution in [-0.4, -0.2) is 23.5 Å². The predicted octanol–water partition coefficient (Wildman–Crippen LogP) is 4.48. The molecule has 116 valence electrons. The summed E-state index contributed by atoms with van der Waals surface area (Å²) in [5, 5.41) is 3.73. The topological polar surface area (TPSA) is 38.3 Å². The molecule has 1 aliphatic rings. The summed E-state index contributed by atoms with van der Waals surface area (Å²) in [4.78, 5) is 12.4. The third-order valence-corrected chi connectivity index (χ3v) is 5.66. The van der Waals surface area contributed by atoms with Crippen LogP contribution in [0.25, 0.3) is 0 Å². The Bertz CT molecular complexity index is 441. The average Bonchev–Trinajstić information content (AvgIpc) is 2.54. The minimum absolute atomic E-state index is 0.0511. The van der Waals surface area contributed by atoms with Gasteiger partial charge in [-0.05, 0) is 43.5 Å². The Morgan fingerprint density at radius 1 is 1.29 bits per heavy atom. The van der Waals surface area contributed by atoms with Crippen LogP contribution in [0, 0.1) is 0 Å². The molecule has 1 atom stereocenters. The molecule has 4 heteroatoms. The van der Waals surface area contributed by atoms with Crippen molar-refractivity contribution in [1.82, 2.24) is 0 Å². The van der Waals surface area contributed by atoms with Gasteiger partial charge in [-0.3, -0.25) is 4.79 Å². The summed E-state index contributed by atoms with van der Waals surface area (Å²) in [6.45, 7) is 2.09. The van der Waals surface area contributed by atoms with Crippen molar-refractivity contribution in [2.24, 2.45) is 0 Å². The van der Waals surface area contributed by atoms with E-state index in [4.69, 9.17) is 4.74 Å². The van der Waals surface area contributed by atoms with Crippen molar-refractivity contribution in [3.05, 3.63) is 24.3 Å². The first-order valence-corrected chi connectivity index (χ1v) is 8.77. The summed E-state index contributed by atoms with van der Waals surface area (Å²) in [6, 6.07) is 7.50. The Labute approximate surface area is 131 Å². The van der Waals surface area contributed by atoms with Crippen LogP contribution in [0.15, 0.2) is 24.3 Å². The van der Waals surface area contributed by atoms with E-state index in [-0.39, 0.29) is 11.2 Å². The molecular weight excluding hydrogens is 282 g/mol. The Kier molecular flexibility index (Phi) is 6.43. The van der Waals surface area contributed by atoms with Crippen molar-refractivity contribution in [3.63, 3.8) is 0 Å². The number of rotatable bonds is 6. The van der Waals surface area contributed by atoms with Gasteiger partial charge >= 0.3 is 0 Å². The third kappa shape index (κ3) is 4.95. The second-order valence-electron chi connectivity index (χ2n) is 5.51. The highest BCUT2D eigenvalue weighted by Gasteiger charge is 2.23. The maximum absolute atomic E-state index is 12.4. The van der Waals surface area contributed by atoms with Crippen molar-refractivity contribution < 1.29 is 9.53 Å². The molecule has 0 bridgehead atoms. The number of amides is 1. The van der Waals surface area contributed by atoms with Crippen LogP contribution < -0.4 is 10.1 Å². The highest BCUT2D eigenvalue weighted by molar-refractivity contribution is 8.01. The van der Waals surface area contributed by atoms with E-state index in [9.17, 15) is 4.79 Å². The maximum Gasteiger partial charge on any atom is 0.237 e. The molecule has 1 fully saturated rings. The maximum atomic E-state index is 12.4. The standard InChI is InChI=1S/C17H25NO2S/c1-3-16(21-15-7-5-4-6-8-15)17(19)18-13-9-11-14(20-2)12-10-13/h9-12,15-16H,3-8H2,1-2H3,(H,18,19). The van der Waals surface area contributed by atoms with Gasteiger partial charge in [0.15, 0.2) is 0 Å². The van der Waals surface area contributed by atoms with Crippen molar-refractivity contribution >= 4 is 23.4 Å². The number of hydrogen-bond donors (Lipinski definition) is 1. The summed E-state index contributed by atoms with van der Waals surface area (Å²) >= 11 is 1.86. The number of hydrogen-bond acceptors (Lipinski definition) is 3. The van der Waals surface area contributed by atoms with E-state index in [1.165, 1.54) is 32.1 Å². The zero-order chi connectivity index (χ0) is 15.1. The van der Waals surface area contributed by atoms with Crippen molar-refractivity contribution in [3.8, 4) is 5.75 Å². The van der Waals surface area contributed by atoms with E-state index < -0.39 is 0 Å². The van der Waals surface area contributed by atoms with Gasteiger partial charge in [0.05, 0.1) is 12.4 Å². The van der Waals surface area contributed by atoms with Crippen LogP contribution in [0.5, 0.6) is 5.75 Å². The summed E-state index contributed by atoms with van der Waals surface area (Å²) in [5.41, 5.74) is 0.837. The first-order valence-electron chi connectivity index (χ1n) is 7.83. The summed E-state index contributed by atoms with van der Waals surface area (Å²) in [5.74, 6) is 0.926.